The van der Waals surface area contributed by atoms with Crippen LogP contribution in [0.2, 0.25) is 0 Å². The Morgan fingerprint density at radius 2 is 1.84 bits per heavy atom. The number of rotatable bonds is 5. The first kappa shape index (κ1) is 19.8. The third kappa shape index (κ3) is 4.49. The van der Waals surface area contributed by atoms with E-state index in [0.29, 0.717) is 5.82 Å². The van der Waals surface area contributed by atoms with Crippen molar-refractivity contribution in [3.8, 4) is 0 Å². The van der Waals surface area contributed by atoms with Crippen LogP contribution >= 0.6 is 0 Å². The monoisotopic (exact) mass is 419 g/mol. The van der Waals surface area contributed by atoms with Crippen LogP contribution in [0.1, 0.15) is 30.4 Å². The summed E-state index contributed by atoms with van der Waals surface area (Å²) in [6, 6.07) is 12.4. The van der Waals surface area contributed by atoms with Gasteiger partial charge in [-0.2, -0.15) is 9.62 Å². The van der Waals surface area contributed by atoms with Crippen LogP contribution in [0.15, 0.2) is 41.5 Å². The number of fused-ring (bicyclic) bond motifs is 1. The molecule has 2 fully saturated rings. The number of aryl methyl sites for hydroxylation is 1. The van der Waals surface area contributed by atoms with E-state index in [2.05, 4.69) is 45.4 Å². The molecule has 3 aromatic rings. The number of aromatic nitrogens is 3. The Kier molecular flexibility index (Phi) is 5.71. The molecule has 0 bridgehead atoms. The predicted molar refractivity (Wildman–Crippen MR) is 124 cm³/mol. The van der Waals surface area contributed by atoms with Crippen molar-refractivity contribution in [1.29, 1.82) is 0 Å². The van der Waals surface area contributed by atoms with Gasteiger partial charge in [-0.15, -0.1) is 5.10 Å². The van der Waals surface area contributed by atoms with Crippen LogP contribution in [-0.2, 0) is 4.74 Å². The van der Waals surface area contributed by atoms with Crippen LogP contribution in [0.4, 0.5) is 17.5 Å². The number of nitrogens with zero attached hydrogens (tertiary/aromatic N) is 6. The summed E-state index contributed by atoms with van der Waals surface area (Å²) in [7, 11) is 0. The van der Waals surface area contributed by atoms with Gasteiger partial charge in [0.05, 0.1) is 19.4 Å². The second kappa shape index (κ2) is 8.93. The van der Waals surface area contributed by atoms with E-state index in [1.54, 1.807) is 0 Å². The molecule has 2 aliphatic heterocycles. The molecule has 1 N–H and O–H groups in total. The molecule has 8 nitrogen and oxygen atoms in total. The van der Waals surface area contributed by atoms with E-state index < -0.39 is 0 Å². The fourth-order valence-corrected chi connectivity index (χ4v) is 4.22. The molecule has 2 aromatic heterocycles. The fraction of sp³-hybridized carbons (Fsp3) is 0.435. The smallest absolute Gasteiger partial charge is 0.162 e. The van der Waals surface area contributed by atoms with Crippen molar-refractivity contribution in [1.82, 2.24) is 14.6 Å². The average Bonchev–Trinajstić information content (AvgIpc) is 3.24. The van der Waals surface area contributed by atoms with Crippen molar-refractivity contribution < 1.29 is 4.74 Å². The Labute approximate surface area is 182 Å². The predicted octanol–water partition coefficient (Wildman–Crippen LogP) is 3.31. The zero-order valence-electron chi connectivity index (χ0n) is 18.0. The molecule has 4 heterocycles. The van der Waals surface area contributed by atoms with Crippen LogP contribution in [-0.4, -0.2) is 60.2 Å². The lowest BCUT2D eigenvalue weighted by molar-refractivity contribution is 0.122. The molecule has 162 valence electrons. The minimum absolute atomic E-state index is 0.711. The van der Waals surface area contributed by atoms with E-state index in [0.717, 1.165) is 62.2 Å². The fourth-order valence-electron chi connectivity index (χ4n) is 4.22. The highest BCUT2D eigenvalue weighted by molar-refractivity contribution is 5.80. The van der Waals surface area contributed by atoms with Crippen molar-refractivity contribution in [2.45, 2.75) is 26.2 Å². The van der Waals surface area contributed by atoms with Gasteiger partial charge in [0, 0.05) is 38.3 Å². The lowest BCUT2D eigenvalue weighted by Gasteiger charge is -2.29. The zero-order chi connectivity index (χ0) is 21.0. The number of ether oxygens (including phenoxy) is 1. The summed E-state index contributed by atoms with van der Waals surface area (Å²) in [6.45, 7) is 7.31. The van der Waals surface area contributed by atoms with Crippen molar-refractivity contribution in [3.63, 3.8) is 0 Å². The lowest BCUT2D eigenvalue weighted by atomic mass is 10.1. The third-order valence-corrected chi connectivity index (χ3v) is 5.85. The molecular formula is C23H29N7O. The molecule has 2 aliphatic rings. The van der Waals surface area contributed by atoms with Gasteiger partial charge in [0.1, 0.15) is 5.82 Å². The summed E-state index contributed by atoms with van der Waals surface area (Å²) >= 11 is 0. The Balaban J connectivity index is 1.46. The topological polar surface area (TPSA) is 70.3 Å². The maximum atomic E-state index is 5.55. The molecule has 0 aliphatic carbocycles. The van der Waals surface area contributed by atoms with Gasteiger partial charge in [0.25, 0.3) is 0 Å². The second-order valence-electron chi connectivity index (χ2n) is 8.20. The van der Waals surface area contributed by atoms with Crippen molar-refractivity contribution >= 4 is 29.3 Å². The quantitative estimate of drug-likeness (QED) is 0.505. The molecule has 1 aromatic carbocycles. The van der Waals surface area contributed by atoms with Crippen molar-refractivity contribution in [2.24, 2.45) is 5.10 Å². The maximum Gasteiger partial charge on any atom is 0.162 e. The van der Waals surface area contributed by atoms with Gasteiger partial charge in [-0.25, -0.2) is 4.98 Å². The van der Waals surface area contributed by atoms with Crippen LogP contribution in [0.5, 0.6) is 0 Å². The number of morpholine rings is 1. The average molecular weight is 420 g/mol. The molecule has 2 saturated heterocycles. The normalized spacial score (nSPS) is 17.6. The minimum atomic E-state index is 0.711. The number of hydrogen-bond acceptors (Lipinski definition) is 7. The van der Waals surface area contributed by atoms with E-state index in [9.17, 15) is 0 Å². The maximum absolute atomic E-state index is 5.55. The molecule has 5 rings (SSSR count). The first-order valence-electron chi connectivity index (χ1n) is 11.1. The molecule has 0 atom stereocenters. The summed E-state index contributed by atoms with van der Waals surface area (Å²) in [5, 5.41) is 9.34. The number of piperidine rings is 1. The molecule has 0 spiro atoms. The van der Waals surface area contributed by atoms with E-state index in [1.165, 1.54) is 24.8 Å². The first-order valence-corrected chi connectivity index (χ1v) is 11.1. The summed E-state index contributed by atoms with van der Waals surface area (Å²) < 4.78 is 7.52. The highest BCUT2D eigenvalue weighted by Crippen LogP contribution is 2.26. The molecule has 8 heteroatoms. The summed E-state index contributed by atoms with van der Waals surface area (Å²) in [5.74, 6) is 2.73. The third-order valence-electron chi connectivity index (χ3n) is 5.85. The van der Waals surface area contributed by atoms with Crippen molar-refractivity contribution in [2.75, 3.05) is 54.6 Å². The molecule has 0 radical (unpaired) electrons. The standard InChI is InChI=1S/C23H29N7O/c1-18-6-5-7-19(14-18)17-24-26-20-15-23(29-10-12-31-13-11-29)30-21(25-20)16-22(27-30)28-8-3-2-4-9-28/h5-7,14-17H,2-4,8-13H2,1H3,(H,25,26)/b24-17+. The number of anilines is 3. The minimum Gasteiger partial charge on any atom is -0.378 e. The van der Waals surface area contributed by atoms with Gasteiger partial charge < -0.3 is 14.5 Å². The molecule has 0 unspecified atom stereocenters. The van der Waals surface area contributed by atoms with Gasteiger partial charge in [-0.05, 0) is 31.7 Å². The largest absolute Gasteiger partial charge is 0.378 e. The van der Waals surface area contributed by atoms with Gasteiger partial charge in [-0.3, -0.25) is 5.43 Å². The Hall–Kier alpha value is -3.13. The van der Waals surface area contributed by atoms with Gasteiger partial charge >= 0.3 is 0 Å². The van der Waals surface area contributed by atoms with Crippen LogP contribution in [0, 0.1) is 6.92 Å². The number of nitrogens with one attached hydrogen (secondary N) is 1. The molecule has 31 heavy (non-hydrogen) atoms. The lowest BCUT2D eigenvalue weighted by Crippen LogP contribution is -2.37. The van der Waals surface area contributed by atoms with Crippen LogP contribution in [0.3, 0.4) is 0 Å². The van der Waals surface area contributed by atoms with E-state index in [-0.39, 0.29) is 0 Å². The number of benzene rings is 1. The van der Waals surface area contributed by atoms with Gasteiger partial charge in [-0.1, -0.05) is 29.8 Å². The zero-order valence-corrected chi connectivity index (χ0v) is 18.0. The van der Waals surface area contributed by atoms with E-state index in [1.807, 2.05) is 28.9 Å². The van der Waals surface area contributed by atoms with Gasteiger partial charge in [0.2, 0.25) is 0 Å². The first-order chi connectivity index (χ1) is 15.3. The Morgan fingerprint density at radius 1 is 1.00 bits per heavy atom. The van der Waals surface area contributed by atoms with Crippen LogP contribution < -0.4 is 15.2 Å². The Morgan fingerprint density at radius 3 is 2.65 bits per heavy atom. The van der Waals surface area contributed by atoms with E-state index >= 15 is 0 Å². The van der Waals surface area contributed by atoms with E-state index in [4.69, 9.17) is 14.8 Å². The molecule has 0 amide bonds. The van der Waals surface area contributed by atoms with Crippen molar-refractivity contribution in [3.05, 3.63) is 47.5 Å². The Bertz CT molecular complexity index is 1060. The van der Waals surface area contributed by atoms with Crippen LogP contribution in [0.25, 0.3) is 5.65 Å². The number of hydrogen-bond donors (Lipinski definition) is 1. The molecular weight excluding hydrogens is 390 g/mol. The molecule has 0 saturated carbocycles. The highest BCUT2D eigenvalue weighted by Gasteiger charge is 2.20. The number of hydrazone groups is 1. The second-order valence-corrected chi connectivity index (χ2v) is 8.20. The summed E-state index contributed by atoms with van der Waals surface area (Å²) in [5.41, 5.74) is 6.22. The van der Waals surface area contributed by atoms with Gasteiger partial charge in [0.15, 0.2) is 17.3 Å². The summed E-state index contributed by atoms with van der Waals surface area (Å²) in [4.78, 5) is 9.46. The highest BCUT2D eigenvalue weighted by atomic mass is 16.5. The summed E-state index contributed by atoms with van der Waals surface area (Å²) in [6.07, 6.45) is 5.56. The SMILES string of the molecule is Cc1cccc(/C=N/Nc2cc(N3CCOCC3)n3nc(N4CCCCC4)cc3n2)c1.